The number of nitrogens with zero attached hydrogens (tertiary/aromatic N) is 5. The summed E-state index contributed by atoms with van der Waals surface area (Å²) in [6.45, 7) is 8.31. The first-order valence-electron chi connectivity index (χ1n) is 17.3. The van der Waals surface area contributed by atoms with Crippen molar-refractivity contribution in [1.82, 2.24) is 14.5 Å². The Balaban J connectivity index is 1.31. The van der Waals surface area contributed by atoms with Crippen LogP contribution in [0.4, 0.5) is 44.0 Å². The van der Waals surface area contributed by atoms with E-state index in [4.69, 9.17) is 19.2 Å². The first-order chi connectivity index (χ1) is 25.5. The van der Waals surface area contributed by atoms with Gasteiger partial charge in [-0.1, -0.05) is 48.5 Å². The Kier molecular flexibility index (Phi) is 11.2. The fourth-order valence-electron chi connectivity index (χ4n) is 6.03. The van der Waals surface area contributed by atoms with Crippen molar-refractivity contribution in [2.24, 2.45) is 0 Å². The van der Waals surface area contributed by atoms with Crippen LogP contribution in [0.15, 0.2) is 89.9 Å². The molecule has 0 saturated heterocycles. The van der Waals surface area contributed by atoms with E-state index in [1.807, 2.05) is 60.4 Å². The summed E-state index contributed by atoms with van der Waals surface area (Å²) in [5, 5.41) is 15.8. The van der Waals surface area contributed by atoms with Crippen molar-refractivity contribution in [3.05, 3.63) is 107 Å². The van der Waals surface area contributed by atoms with Gasteiger partial charge >= 0.3 is 12.2 Å². The molecule has 0 atom stereocenters. The van der Waals surface area contributed by atoms with Gasteiger partial charge in [0.25, 0.3) is 5.56 Å². The molecule has 3 heterocycles. The molecule has 53 heavy (non-hydrogen) atoms. The van der Waals surface area contributed by atoms with Crippen LogP contribution in [0.25, 0.3) is 11.0 Å². The highest BCUT2D eigenvalue weighted by molar-refractivity contribution is 5.97. The van der Waals surface area contributed by atoms with Gasteiger partial charge in [0.2, 0.25) is 5.95 Å². The van der Waals surface area contributed by atoms with Crippen LogP contribution in [-0.2, 0) is 27.4 Å². The number of para-hydroxylation sites is 1. The minimum absolute atomic E-state index is 0.122. The summed E-state index contributed by atoms with van der Waals surface area (Å²) >= 11 is 0. The van der Waals surface area contributed by atoms with Gasteiger partial charge in [-0.2, -0.15) is 4.98 Å². The molecule has 3 aromatic carbocycles. The number of carbonyl (C=O) groups excluding carboxylic acids is 2. The Hall–Kier alpha value is -5.99. The van der Waals surface area contributed by atoms with Crippen molar-refractivity contribution in [1.29, 1.82) is 0 Å². The van der Waals surface area contributed by atoms with Crippen LogP contribution >= 0.6 is 0 Å². The van der Waals surface area contributed by atoms with Gasteiger partial charge in [0.15, 0.2) is 0 Å². The lowest BCUT2D eigenvalue weighted by molar-refractivity contribution is 0.0636. The molecule has 1 aliphatic rings. The summed E-state index contributed by atoms with van der Waals surface area (Å²) in [5.74, 6) is 0.229. The number of aliphatic hydroxyl groups is 1. The summed E-state index contributed by atoms with van der Waals surface area (Å²) in [6.07, 6.45) is 0.582. The van der Waals surface area contributed by atoms with E-state index in [0.29, 0.717) is 46.0 Å². The number of carbonyl (C=O) groups is 2. The maximum absolute atomic E-state index is 14.4. The van der Waals surface area contributed by atoms with E-state index in [2.05, 4.69) is 15.6 Å². The molecular formula is C39H43N7O7. The molecule has 0 radical (unpaired) electrons. The largest absolute Gasteiger partial charge is 0.444 e. The SMILES string of the molecule is Cc1cccc2c1N(C(=O)OCc1ccccc1)CCN2c1cc2cnc(Nc3cccc(NC(=O)OC(C)(C)C)c3)nc2n(CCOCCO)c1=O. The van der Waals surface area contributed by atoms with Crippen LogP contribution in [0.1, 0.15) is 31.9 Å². The molecule has 2 amide bonds. The maximum atomic E-state index is 14.4. The fourth-order valence-corrected chi connectivity index (χ4v) is 6.03. The zero-order valence-electron chi connectivity index (χ0n) is 30.2. The van der Waals surface area contributed by atoms with Crippen molar-refractivity contribution >= 4 is 57.6 Å². The Morgan fingerprint density at radius 2 is 1.70 bits per heavy atom. The van der Waals surface area contributed by atoms with Crippen LogP contribution in [0.2, 0.25) is 0 Å². The summed E-state index contributed by atoms with van der Waals surface area (Å²) in [7, 11) is 0. The number of amides is 2. The average Bonchev–Trinajstić information content (AvgIpc) is 3.12. The van der Waals surface area contributed by atoms with Crippen molar-refractivity contribution in [2.45, 2.75) is 46.4 Å². The summed E-state index contributed by atoms with van der Waals surface area (Å²) < 4.78 is 18.2. The molecule has 6 rings (SSSR count). The molecule has 14 nitrogen and oxygen atoms in total. The zero-order chi connectivity index (χ0) is 37.5. The molecule has 0 bridgehead atoms. The third kappa shape index (κ3) is 8.91. The summed E-state index contributed by atoms with van der Waals surface area (Å²) in [6, 6.07) is 23.9. The molecule has 0 saturated carbocycles. The second kappa shape index (κ2) is 16.1. The molecule has 2 aromatic heterocycles. The molecule has 0 spiro atoms. The second-order valence-corrected chi connectivity index (χ2v) is 13.4. The highest BCUT2D eigenvalue weighted by Crippen LogP contribution is 2.40. The van der Waals surface area contributed by atoms with Gasteiger partial charge < -0.3 is 29.5 Å². The van der Waals surface area contributed by atoms with E-state index in [0.717, 1.165) is 11.1 Å². The van der Waals surface area contributed by atoms with E-state index in [9.17, 15) is 19.5 Å². The highest BCUT2D eigenvalue weighted by atomic mass is 16.6. The van der Waals surface area contributed by atoms with Crippen LogP contribution in [-0.4, -0.2) is 70.3 Å². The number of aliphatic hydroxyl groups excluding tert-OH is 1. The Morgan fingerprint density at radius 3 is 2.47 bits per heavy atom. The number of hydrogen-bond acceptors (Lipinski definition) is 11. The number of aromatic nitrogens is 3. The minimum Gasteiger partial charge on any atom is -0.444 e. The van der Waals surface area contributed by atoms with E-state index in [-0.39, 0.29) is 51.0 Å². The number of anilines is 6. The minimum atomic E-state index is -0.648. The molecule has 0 aliphatic carbocycles. The predicted octanol–water partition coefficient (Wildman–Crippen LogP) is 6.49. The number of hydrogen-bond donors (Lipinski definition) is 3. The number of fused-ring (bicyclic) bond motifs is 2. The third-order valence-electron chi connectivity index (χ3n) is 8.31. The van der Waals surface area contributed by atoms with Crippen LogP contribution in [0.5, 0.6) is 0 Å². The first-order valence-corrected chi connectivity index (χ1v) is 17.3. The number of aryl methyl sites for hydroxylation is 1. The summed E-state index contributed by atoms with van der Waals surface area (Å²) in [5.41, 5.74) is 3.99. The molecular weight excluding hydrogens is 678 g/mol. The Morgan fingerprint density at radius 1 is 0.925 bits per heavy atom. The topological polar surface area (TPSA) is 160 Å². The lowest BCUT2D eigenvalue weighted by Gasteiger charge is -2.38. The number of rotatable bonds is 11. The zero-order valence-corrected chi connectivity index (χ0v) is 30.2. The van der Waals surface area contributed by atoms with E-state index >= 15 is 0 Å². The normalized spacial score (nSPS) is 12.7. The molecule has 0 fully saturated rings. The Labute approximate surface area is 306 Å². The third-order valence-corrected chi connectivity index (χ3v) is 8.31. The van der Waals surface area contributed by atoms with E-state index in [1.165, 1.54) is 4.57 Å². The second-order valence-electron chi connectivity index (χ2n) is 13.4. The van der Waals surface area contributed by atoms with Crippen LogP contribution in [0.3, 0.4) is 0 Å². The lowest BCUT2D eigenvalue weighted by atomic mass is 10.1. The van der Waals surface area contributed by atoms with Crippen molar-refractivity contribution in [3.8, 4) is 0 Å². The molecule has 5 aromatic rings. The van der Waals surface area contributed by atoms with Gasteiger partial charge in [0.05, 0.1) is 37.7 Å². The van der Waals surface area contributed by atoms with Gasteiger partial charge in [-0.3, -0.25) is 19.6 Å². The quantitative estimate of drug-likeness (QED) is 0.128. The molecule has 276 valence electrons. The smallest absolute Gasteiger partial charge is 0.414 e. The van der Waals surface area contributed by atoms with Gasteiger partial charge in [-0.25, -0.2) is 14.6 Å². The standard InChI is InChI=1S/C39H43N7O7/c1-26-10-8-15-31-33(26)45(38(50)52-25-27-11-6-5-7-12-27)17-16-44(31)32-22-28-24-40-36(43-34(28)46(35(32)48)18-20-51-21-19-47)41-29-13-9-14-30(23-29)42-37(49)53-39(2,3)4/h5-15,22-24,47H,16-21,25H2,1-4H3,(H,42,49)(H,40,41,43). The van der Waals surface area contributed by atoms with E-state index in [1.54, 1.807) is 62.2 Å². The molecule has 3 N–H and O–H groups in total. The highest BCUT2D eigenvalue weighted by Gasteiger charge is 2.32. The van der Waals surface area contributed by atoms with Gasteiger partial charge in [0.1, 0.15) is 23.5 Å². The van der Waals surface area contributed by atoms with E-state index < -0.39 is 17.8 Å². The monoisotopic (exact) mass is 721 g/mol. The first kappa shape index (κ1) is 36.8. The average molecular weight is 722 g/mol. The van der Waals surface area contributed by atoms with Gasteiger partial charge in [-0.15, -0.1) is 0 Å². The van der Waals surface area contributed by atoms with Gasteiger partial charge in [-0.05, 0) is 69.2 Å². The number of pyridine rings is 1. The van der Waals surface area contributed by atoms with Crippen molar-refractivity contribution in [2.75, 3.05) is 53.3 Å². The predicted molar refractivity (Wildman–Crippen MR) is 203 cm³/mol. The fraction of sp³-hybridized carbons (Fsp3) is 0.308. The van der Waals surface area contributed by atoms with Crippen molar-refractivity contribution in [3.63, 3.8) is 0 Å². The number of nitrogens with one attached hydrogen (secondary N) is 2. The Bertz CT molecular complexity index is 2150. The molecule has 1 aliphatic heterocycles. The lowest BCUT2D eigenvalue weighted by Crippen LogP contribution is -2.44. The molecule has 14 heteroatoms. The number of ether oxygens (including phenoxy) is 3. The molecule has 0 unspecified atom stereocenters. The number of benzene rings is 3. The van der Waals surface area contributed by atoms with Crippen LogP contribution in [0, 0.1) is 6.92 Å². The maximum Gasteiger partial charge on any atom is 0.414 e. The van der Waals surface area contributed by atoms with Gasteiger partial charge in [0, 0.05) is 36.0 Å². The summed E-state index contributed by atoms with van der Waals surface area (Å²) in [4.78, 5) is 53.0. The van der Waals surface area contributed by atoms with Crippen molar-refractivity contribution < 1.29 is 28.9 Å². The van der Waals surface area contributed by atoms with Crippen LogP contribution < -0.4 is 26.0 Å².